The molecule has 2 N–H and O–H groups in total. The van der Waals surface area contributed by atoms with Crippen LogP contribution in [-0.4, -0.2) is 69.6 Å². The molecular weight excluding hydrogens is 547 g/mol. The Morgan fingerprint density at radius 2 is 1.95 bits per heavy atom. The molecule has 1 amide bonds. The van der Waals surface area contributed by atoms with Crippen LogP contribution < -0.4 is 10.1 Å². The highest BCUT2D eigenvalue weighted by Crippen LogP contribution is 2.47. The van der Waals surface area contributed by atoms with Gasteiger partial charge in [-0.3, -0.25) is 18.8 Å². The van der Waals surface area contributed by atoms with Gasteiger partial charge in [0.2, 0.25) is 11.8 Å². The first-order valence-electron chi connectivity index (χ1n) is 12.8. The lowest BCUT2D eigenvalue weighted by Gasteiger charge is -2.18. The van der Waals surface area contributed by atoms with Gasteiger partial charge in [-0.05, 0) is 51.7 Å². The first kappa shape index (κ1) is 30.0. The fourth-order valence-electron chi connectivity index (χ4n) is 4.14. The molecule has 2 atom stereocenters. The number of rotatable bonds is 12. The molecule has 0 spiro atoms. The largest absolute Gasteiger partial charge is 0.481 e. The summed E-state index contributed by atoms with van der Waals surface area (Å²) in [5, 5.41) is 3.58. The van der Waals surface area contributed by atoms with Crippen molar-refractivity contribution in [1.82, 2.24) is 24.4 Å². The maximum Gasteiger partial charge on any atom is 0.474 e. The average molecular weight is 581 g/mol. The number of carbonyl (C=O) groups excluding carboxylic acids is 1. The number of likely N-dealkylation sites (N-methyl/N-ethyl adjacent to an activating group) is 1. The maximum absolute atomic E-state index is 12.3. The molecule has 0 saturated heterocycles. The van der Waals surface area contributed by atoms with Gasteiger partial charge in [-0.2, -0.15) is 0 Å². The molecule has 2 unspecified atom stereocenters. The van der Waals surface area contributed by atoms with E-state index >= 15 is 0 Å². The fourth-order valence-corrected chi connectivity index (χ4v) is 5.02. The van der Waals surface area contributed by atoms with Crippen LogP contribution in [0.3, 0.4) is 0 Å². The van der Waals surface area contributed by atoms with Crippen LogP contribution in [0.25, 0.3) is 33.3 Å². The lowest BCUT2D eigenvalue weighted by Crippen LogP contribution is -2.13. The van der Waals surface area contributed by atoms with Gasteiger partial charge in [-0.25, -0.2) is 14.5 Å². The third-order valence-electron chi connectivity index (χ3n) is 5.97. The van der Waals surface area contributed by atoms with E-state index in [0.29, 0.717) is 23.8 Å². The zero-order chi connectivity index (χ0) is 29.6. The number of fused-ring (bicyclic) bond motifs is 1. The summed E-state index contributed by atoms with van der Waals surface area (Å²) in [4.78, 5) is 37.5. The molecule has 4 rings (SSSR count). The van der Waals surface area contributed by atoms with E-state index in [1.807, 2.05) is 37.2 Å². The minimum Gasteiger partial charge on any atom is -0.481 e. The quantitative estimate of drug-likeness (QED) is 0.176. The van der Waals surface area contributed by atoms with Crippen molar-refractivity contribution in [3.63, 3.8) is 0 Å². The Hall–Kier alpha value is -3.93. The Balaban J connectivity index is 1.74. The Bertz CT molecular complexity index is 1600. The smallest absolute Gasteiger partial charge is 0.474 e. The summed E-state index contributed by atoms with van der Waals surface area (Å²) in [7, 11) is 1.10. The summed E-state index contributed by atoms with van der Waals surface area (Å²) < 4.78 is 29.6. The molecule has 0 fully saturated rings. The van der Waals surface area contributed by atoms with E-state index in [1.165, 1.54) is 13.2 Å². The lowest BCUT2D eigenvalue weighted by molar-refractivity contribution is -0.111. The number of ether oxygens (including phenoxy) is 1. The number of hydrogen-bond acceptors (Lipinski definition) is 9. The Morgan fingerprint density at radius 1 is 1.17 bits per heavy atom. The molecule has 0 aliphatic heterocycles. The van der Waals surface area contributed by atoms with Crippen molar-refractivity contribution in [2.24, 2.45) is 0 Å². The number of hydrogen-bond donors (Lipinski definition) is 2. The predicted octanol–water partition coefficient (Wildman–Crippen LogP) is 4.90. The number of carbonyl (C=O) groups is 1. The molecule has 0 aromatic carbocycles. The number of pyridine rings is 3. The van der Waals surface area contributed by atoms with Crippen LogP contribution in [0, 0.1) is 0 Å². The predicted molar refractivity (Wildman–Crippen MR) is 156 cm³/mol. The van der Waals surface area contributed by atoms with Gasteiger partial charge in [0.05, 0.1) is 25.6 Å². The second kappa shape index (κ2) is 13.2. The van der Waals surface area contributed by atoms with Crippen LogP contribution >= 0.6 is 7.82 Å². The third-order valence-corrected chi connectivity index (χ3v) is 7.13. The Morgan fingerprint density at radius 3 is 2.68 bits per heavy atom. The second-order valence-electron chi connectivity index (χ2n) is 9.34. The van der Waals surface area contributed by atoms with Crippen LogP contribution in [0.2, 0.25) is 0 Å². The van der Waals surface area contributed by atoms with Crippen molar-refractivity contribution < 1.29 is 28.0 Å². The molecule has 12 nitrogen and oxygen atoms in total. The minimum atomic E-state index is -4.28. The molecule has 4 aromatic rings. The van der Waals surface area contributed by atoms with E-state index in [1.54, 1.807) is 61.5 Å². The fraction of sp³-hybridized carbons (Fsp3) is 0.286. The SMILES string of the molecule is CCOP(=O)(O)OC(C)n1cc(-c2ccnc(OC)c2)c2cc(-c3cncc(NC(=O)C=CCN(C)C)c3)cnc21. The van der Waals surface area contributed by atoms with E-state index in [2.05, 4.69) is 20.3 Å². The Kier molecular flexibility index (Phi) is 9.64. The molecule has 216 valence electrons. The summed E-state index contributed by atoms with van der Waals surface area (Å²) in [6.45, 7) is 3.92. The van der Waals surface area contributed by atoms with Gasteiger partial charge in [0.25, 0.3) is 0 Å². The summed E-state index contributed by atoms with van der Waals surface area (Å²) in [5.41, 5.74) is 4.12. The number of amides is 1. The van der Waals surface area contributed by atoms with E-state index in [-0.39, 0.29) is 12.5 Å². The molecule has 41 heavy (non-hydrogen) atoms. The van der Waals surface area contributed by atoms with E-state index in [9.17, 15) is 14.3 Å². The van der Waals surface area contributed by atoms with Crippen LogP contribution in [0.5, 0.6) is 5.88 Å². The van der Waals surface area contributed by atoms with Gasteiger partial charge in [-0.1, -0.05) is 6.08 Å². The summed E-state index contributed by atoms with van der Waals surface area (Å²) in [6.07, 6.45) is 10.7. The summed E-state index contributed by atoms with van der Waals surface area (Å²) in [5.74, 6) is 0.174. The van der Waals surface area contributed by atoms with Crippen molar-refractivity contribution in [2.75, 3.05) is 39.7 Å². The summed E-state index contributed by atoms with van der Waals surface area (Å²) in [6, 6.07) is 7.37. The number of anilines is 1. The van der Waals surface area contributed by atoms with Crippen molar-refractivity contribution in [1.29, 1.82) is 0 Å². The van der Waals surface area contributed by atoms with E-state index < -0.39 is 14.1 Å². The van der Waals surface area contributed by atoms with E-state index in [4.69, 9.17) is 13.8 Å². The van der Waals surface area contributed by atoms with Crippen molar-refractivity contribution in [2.45, 2.75) is 20.1 Å². The monoisotopic (exact) mass is 580 g/mol. The second-order valence-corrected chi connectivity index (χ2v) is 10.7. The maximum atomic E-state index is 12.3. The molecule has 0 saturated carbocycles. The minimum absolute atomic E-state index is 0.0243. The number of methoxy groups -OCH3 is 1. The number of nitrogens with zero attached hydrogens (tertiary/aromatic N) is 5. The molecule has 13 heteroatoms. The van der Waals surface area contributed by atoms with Crippen molar-refractivity contribution in [3.05, 3.63) is 67.4 Å². The number of aromatic nitrogens is 4. The Labute approximate surface area is 238 Å². The molecule has 4 aromatic heterocycles. The normalized spacial score (nSPS) is 13.9. The zero-order valence-electron chi connectivity index (χ0n) is 23.5. The first-order chi connectivity index (χ1) is 19.6. The molecule has 0 aliphatic carbocycles. The van der Waals surface area contributed by atoms with Crippen LogP contribution in [-0.2, 0) is 18.4 Å². The average Bonchev–Trinajstić information content (AvgIpc) is 3.32. The van der Waals surface area contributed by atoms with Gasteiger partial charge in [0, 0.05) is 65.6 Å². The number of phosphoric ester groups is 1. The molecule has 0 bridgehead atoms. The molecule has 0 radical (unpaired) electrons. The van der Waals surface area contributed by atoms with Crippen molar-refractivity contribution >= 4 is 30.5 Å². The highest BCUT2D eigenvalue weighted by molar-refractivity contribution is 7.47. The third kappa shape index (κ3) is 7.63. The standard InChI is InChI=1S/C28H33N6O6P/c1-6-39-41(36,37)40-19(2)34-18-25(20-9-10-30-27(14-20)38-5)24-13-22(16-31-28(24)34)21-12-23(17-29-15-21)32-26(35)8-7-11-33(3)4/h7-10,12-19H,6,11H2,1-5H3,(H,32,35)(H,36,37). The van der Waals surface area contributed by atoms with Crippen LogP contribution in [0.1, 0.15) is 20.1 Å². The number of phosphoric acid groups is 1. The summed E-state index contributed by atoms with van der Waals surface area (Å²) >= 11 is 0. The van der Waals surface area contributed by atoms with Gasteiger partial charge >= 0.3 is 7.82 Å². The van der Waals surface area contributed by atoms with Crippen molar-refractivity contribution in [3.8, 4) is 28.1 Å². The van der Waals surface area contributed by atoms with Crippen LogP contribution in [0.15, 0.2) is 67.4 Å². The first-order valence-corrected chi connectivity index (χ1v) is 14.3. The van der Waals surface area contributed by atoms with Gasteiger partial charge < -0.3 is 24.4 Å². The zero-order valence-corrected chi connectivity index (χ0v) is 24.4. The lowest BCUT2D eigenvalue weighted by atomic mass is 10.0. The van der Waals surface area contributed by atoms with E-state index in [0.717, 1.165) is 27.6 Å². The molecule has 4 heterocycles. The topological polar surface area (TPSA) is 141 Å². The van der Waals surface area contributed by atoms with Gasteiger partial charge in [-0.15, -0.1) is 0 Å². The highest BCUT2D eigenvalue weighted by Gasteiger charge is 2.26. The van der Waals surface area contributed by atoms with Gasteiger partial charge in [0.1, 0.15) is 11.9 Å². The van der Waals surface area contributed by atoms with Gasteiger partial charge in [0.15, 0.2) is 0 Å². The molecular formula is C28H33N6O6P. The highest BCUT2D eigenvalue weighted by atomic mass is 31.2. The number of nitrogens with one attached hydrogen (secondary N) is 1. The van der Waals surface area contributed by atoms with Crippen LogP contribution in [0.4, 0.5) is 5.69 Å². The molecule has 0 aliphatic rings.